The van der Waals surface area contributed by atoms with E-state index in [4.69, 9.17) is 23.1 Å². The molecular formula is C16H18O8S. The molecule has 0 amide bonds. The highest BCUT2D eigenvalue weighted by molar-refractivity contribution is 7.86. The Balaban J connectivity index is 1.54. The first kappa shape index (κ1) is 16.9. The van der Waals surface area contributed by atoms with Gasteiger partial charge in [-0.25, -0.2) is 8.98 Å². The van der Waals surface area contributed by atoms with Crippen LogP contribution >= 0.6 is 0 Å². The second-order valence-electron chi connectivity index (χ2n) is 6.75. The second kappa shape index (κ2) is 5.49. The van der Waals surface area contributed by atoms with Gasteiger partial charge in [-0.05, 0) is 32.9 Å². The van der Waals surface area contributed by atoms with Crippen LogP contribution < -0.4 is 0 Å². The lowest BCUT2D eigenvalue weighted by molar-refractivity contribution is -0.213. The summed E-state index contributed by atoms with van der Waals surface area (Å²) in [6.07, 6.45) is -4.40. The second-order valence-corrected chi connectivity index (χ2v) is 8.33. The topological polar surface area (TPSA) is 97.4 Å². The Labute approximate surface area is 145 Å². The predicted octanol–water partition coefficient (Wildman–Crippen LogP) is 0.871. The maximum atomic E-state index is 12.4. The minimum atomic E-state index is -4.14. The van der Waals surface area contributed by atoms with Gasteiger partial charge in [0.2, 0.25) is 6.10 Å². The molecule has 0 radical (unpaired) electrons. The maximum Gasteiger partial charge on any atom is 0.340 e. The minimum Gasteiger partial charge on any atom is -0.454 e. The zero-order chi connectivity index (χ0) is 18.0. The lowest BCUT2D eigenvalue weighted by atomic mass is 10.1. The van der Waals surface area contributed by atoms with Gasteiger partial charge in [-0.2, -0.15) is 8.42 Å². The van der Waals surface area contributed by atoms with Crippen LogP contribution in [0.1, 0.15) is 19.4 Å². The number of fused-ring (bicyclic) bond motifs is 3. The molecule has 1 aromatic rings. The molecule has 9 heteroatoms. The monoisotopic (exact) mass is 370 g/mol. The quantitative estimate of drug-likeness (QED) is 0.571. The van der Waals surface area contributed by atoms with Crippen LogP contribution in [0.25, 0.3) is 0 Å². The zero-order valence-electron chi connectivity index (χ0n) is 13.9. The Morgan fingerprint density at radius 1 is 1.04 bits per heavy atom. The molecule has 0 spiro atoms. The van der Waals surface area contributed by atoms with Crippen LogP contribution in [0.5, 0.6) is 0 Å². The fraction of sp³-hybridized carbons (Fsp3) is 0.562. The van der Waals surface area contributed by atoms with E-state index in [9.17, 15) is 13.2 Å². The Morgan fingerprint density at radius 2 is 1.72 bits per heavy atom. The first-order valence-electron chi connectivity index (χ1n) is 7.88. The van der Waals surface area contributed by atoms with E-state index in [1.807, 2.05) is 6.92 Å². The average molecular weight is 370 g/mol. The van der Waals surface area contributed by atoms with Gasteiger partial charge in [-0.15, -0.1) is 0 Å². The molecular weight excluding hydrogens is 352 g/mol. The molecule has 0 saturated carbocycles. The predicted molar refractivity (Wildman–Crippen MR) is 81.8 cm³/mol. The van der Waals surface area contributed by atoms with Crippen LogP contribution in [0.15, 0.2) is 29.2 Å². The number of rotatable bonds is 3. The molecule has 8 nitrogen and oxygen atoms in total. The first-order valence-corrected chi connectivity index (χ1v) is 9.29. The van der Waals surface area contributed by atoms with Crippen molar-refractivity contribution in [1.82, 2.24) is 0 Å². The molecule has 25 heavy (non-hydrogen) atoms. The molecule has 0 aromatic heterocycles. The normalized spacial score (nSPS) is 36.1. The fourth-order valence-corrected chi connectivity index (χ4v) is 4.25. The number of carbonyl (C=O) groups is 1. The third-order valence-electron chi connectivity index (χ3n) is 4.35. The maximum absolute atomic E-state index is 12.4. The Hall–Kier alpha value is -1.52. The van der Waals surface area contributed by atoms with Gasteiger partial charge in [0.05, 0.1) is 4.90 Å². The summed E-state index contributed by atoms with van der Waals surface area (Å²) < 4.78 is 52.2. The third-order valence-corrected chi connectivity index (χ3v) is 5.66. The van der Waals surface area contributed by atoms with Crippen molar-refractivity contribution in [2.24, 2.45) is 0 Å². The summed E-state index contributed by atoms with van der Waals surface area (Å²) in [5.41, 5.74) is 0.906. The van der Waals surface area contributed by atoms with Crippen LogP contribution in [-0.4, -0.2) is 50.9 Å². The smallest absolute Gasteiger partial charge is 0.340 e. The number of hydrogen-bond acceptors (Lipinski definition) is 8. The SMILES string of the molecule is Cc1ccc(S(=O)(=O)O[C@H]2C(=O)O[C@H]3[C@@H]4OC(C)(C)O[C@@H]4O[C@H]32)cc1. The summed E-state index contributed by atoms with van der Waals surface area (Å²) in [7, 11) is -4.14. The summed E-state index contributed by atoms with van der Waals surface area (Å²) >= 11 is 0. The van der Waals surface area contributed by atoms with E-state index in [-0.39, 0.29) is 4.90 Å². The summed E-state index contributed by atoms with van der Waals surface area (Å²) in [6, 6.07) is 6.13. The van der Waals surface area contributed by atoms with Crippen molar-refractivity contribution >= 4 is 16.1 Å². The van der Waals surface area contributed by atoms with Crippen molar-refractivity contribution in [2.45, 2.75) is 62.2 Å². The molecule has 5 atom stereocenters. The third kappa shape index (κ3) is 2.85. The lowest BCUT2D eigenvalue weighted by Gasteiger charge is -2.21. The van der Waals surface area contributed by atoms with Gasteiger partial charge in [0.1, 0.15) is 6.10 Å². The molecule has 0 bridgehead atoms. The lowest BCUT2D eigenvalue weighted by Crippen LogP contribution is -2.37. The van der Waals surface area contributed by atoms with Gasteiger partial charge in [0.25, 0.3) is 10.1 Å². The average Bonchev–Trinajstić information content (AvgIpc) is 3.08. The molecule has 0 unspecified atom stereocenters. The van der Waals surface area contributed by atoms with Crippen LogP contribution in [0.3, 0.4) is 0 Å². The van der Waals surface area contributed by atoms with Crippen molar-refractivity contribution < 1.29 is 36.3 Å². The van der Waals surface area contributed by atoms with E-state index in [0.717, 1.165) is 5.56 Å². The van der Waals surface area contributed by atoms with E-state index in [1.54, 1.807) is 26.0 Å². The first-order chi connectivity index (χ1) is 11.7. The van der Waals surface area contributed by atoms with Crippen molar-refractivity contribution in [3.05, 3.63) is 29.8 Å². The molecule has 0 N–H and O–H groups in total. The van der Waals surface area contributed by atoms with Gasteiger partial charge in [-0.3, -0.25) is 0 Å². The number of aryl methyl sites for hydroxylation is 1. The summed E-state index contributed by atoms with van der Waals surface area (Å²) in [6.45, 7) is 5.27. The molecule has 3 aliphatic heterocycles. The van der Waals surface area contributed by atoms with Crippen LogP contribution in [-0.2, 0) is 38.0 Å². The molecule has 3 fully saturated rings. The summed E-state index contributed by atoms with van der Waals surface area (Å²) in [5.74, 6) is -1.66. The summed E-state index contributed by atoms with van der Waals surface area (Å²) in [4.78, 5) is 12.1. The van der Waals surface area contributed by atoms with Gasteiger partial charge in [0.15, 0.2) is 24.3 Å². The van der Waals surface area contributed by atoms with Crippen molar-refractivity contribution in [3.63, 3.8) is 0 Å². The highest BCUT2D eigenvalue weighted by Gasteiger charge is 2.64. The Kier molecular flexibility index (Phi) is 3.71. The number of hydrogen-bond donors (Lipinski definition) is 0. The molecule has 3 heterocycles. The molecule has 3 aliphatic rings. The Morgan fingerprint density at radius 3 is 2.40 bits per heavy atom. The van der Waals surface area contributed by atoms with Crippen LogP contribution in [0.2, 0.25) is 0 Å². The van der Waals surface area contributed by atoms with Crippen molar-refractivity contribution in [2.75, 3.05) is 0 Å². The van der Waals surface area contributed by atoms with Gasteiger partial charge >= 0.3 is 5.97 Å². The van der Waals surface area contributed by atoms with Crippen LogP contribution in [0.4, 0.5) is 0 Å². The number of carbonyl (C=O) groups excluding carboxylic acids is 1. The van der Waals surface area contributed by atoms with Gasteiger partial charge in [-0.1, -0.05) is 17.7 Å². The van der Waals surface area contributed by atoms with Crippen molar-refractivity contribution in [3.8, 4) is 0 Å². The van der Waals surface area contributed by atoms with E-state index < -0.39 is 52.6 Å². The van der Waals surface area contributed by atoms with E-state index in [0.29, 0.717) is 0 Å². The van der Waals surface area contributed by atoms with Gasteiger partial charge < -0.3 is 18.9 Å². The molecule has 1 aromatic carbocycles. The van der Waals surface area contributed by atoms with E-state index in [2.05, 4.69) is 0 Å². The minimum absolute atomic E-state index is 0.0406. The van der Waals surface area contributed by atoms with E-state index in [1.165, 1.54) is 12.1 Å². The van der Waals surface area contributed by atoms with E-state index >= 15 is 0 Å². The van der Waals surface area contributed by atoms with Gasteiger partial charge in [0, 0.05) is 0 Å². The number of ether oxygens (including phenoxy) is 4. The standard InChI is InChI=1S/C16H18O8S/c1-8-4-6-9(7-5-8)25(18,19)24-12-10-11(20-14(12)17)13-15(21-10)23-16(2,3)22-13/h4-7,10-13,15H,1-3H3/t10-,11-,12-,13+,15+/m1/s1. The summed E-state index contributed by atoms with van der Waals surface area (Å²) in [5, 5.41) is 0. The highest BCUT2D eigenvalue weighted by atomic mass is 32.2. The Bertz CT molecular complexity index is 800. The zero-order valence-corrected chi connectivity index (χ0v) is 14.7. The molecule has 4 rings (SSSR count). The highest BCUT2D eigenvalue weighted by Crippen LogP contribution is 2.43. The molecule has 3 saturated heterocycles. The largest absolute Gasteiger partial charge is 0.454 e. The number of esters is 1. The van der Waals surface area contributed by atoms with Crippen molar-refractivity contribution in [1.29, 1.82) is 0 Å². The number of benzene rings is 1. The molecule has 0 aliphatic carbocycles. The molecule has 136 valence electrons. The fourth-order valence-electron chi connectivity index (χ4n) is 3.21. The van der Waals surface area contributed by atoms with Crippen LogP contribution in [0, 0.1) is 6.92 Å².